The molecule has 0 saturated heterocycles. The maximum Gasteiger partial charge on any atom is 0.573 e. The van der Waals surface area contributed by atoms with Crippen LogP contribution in [0, 0.1) is 29.1 Å². The van der Waals surface area contributed by atoms with Gasteiger partial charge >= 0.3 is 12.5 Å². The summed E-state index contributed by atoms with van der Waals surface area (Å²) in [5.74, 6) is -9.19. The van der Waals surface area contributed by atoms with E-state index in [1.807, 2.05) is 24.3 Å². The van der Waals surface area contributed by atoms with E-state index in [9.17, 15) is 22.0 Å². The summed E-state index contributed by atoms with van der Waals surface area (Å²) in [6.07, 6.45) is -5.71. The lowest BCUT2D eigenvalue weighted by Crippen LogP contribution is -2.25. The van der Waals surface area contributed by atoms with E-state index in [1.54, 1.807) is 0 Å². The molecule has 0 spiro atoms. The lowest BCUT2D eigenvalue weighted by atomic mass is 9.97. The number of halogens is 10. The van der Waals surface area contributed by atoms with Crippen LogP contribution in [0.2, 0.25) is 0 Å². The highest BCUT2D eigenvalue weighted by atomic mass is 19.4. The molecule has 2 nitrogen and oxygen atoms in total. The number of benzene rings is 5. The minimum Gasteiger partial charge on any atom is -0.429 e. The molecule has 0 bridgehead atoms. The van der Waals surface area contributed by atoms with Crippen molar-refractivity contribution in [1.82, 2.24) is 0 Å². The minimum absolute atomic E-state index is 0.249. The number of aryl methyl sites for hydroxylation is 1. The highest BCUT2D eigenvalue weighted by molar-refractivity contribution is 5.72. The van der Waals surface area contributed by atoms with Gasteiger partial charge in [-0.3, -0.25) is 0 Å². The van der Waals surface area contributed by atoms with Crippen molar-refractivity contribution in [2.75, 3.05) is 0 Å². The third-order valence-corrected chi connectivity index (χ3v) is 7.62. The zero-order chi connectivity index (χ0) is 35.5. The zero-order valence-electron chi connectivity index (χ0n) is 25.6. The van der Waals surface area contributed by atoms with Crippen LogP contribution >= 0.6 is 0 Å². The van der Waals surface area contributed by atoms with Gasteiger partial charge in [0.05, 0.1) is 0 Å². The van der Waals surface area contributed by atoms with Crippen LogP contribution in [0.15, 0.2) is 91.0 Å². The average Bonchev–Trinajstić information content (AvgIpc) is 3.01. The topological polar surface area (TPSA) is 18.5 Å². The normalized spacial score (nSPS) is 11.9. The number of ether oxygens (including phenoxy) is 2. The van der Waals surface area contributed by atoms with Crippen LogP contribution in [0.3, 0.4) is 0 Å². The largest absolute Gasteiger partial charge is 0.573 e. The second-order valence-corrected chi connectivity index (χ2v) is 11.1. The Morgan fingerprint density at radius 1 is 0.510 bits per heavy atom. The van der Waals surface area contributed by atoms with Crippen molar-refractivity contribution in [3.05, 3.63) is 131 Å². The maximum absolute atomic E-state index is 15.2. The number of hydrogen-bond donors (Lipinski definition) is 0. The molecule has 0 atom stereocenters. The van der Waals surface area contributed by atoms with Gasteiger partial charge in [0.15, 0.2) is 11.6 Å². The van der Waals surface area contributed by atoms with Gasteiger partial charge in [0.2, 0.25) is 0 Å². The zero-order valence-corrected chi connectivity index (χ0v) is 25.6. The molecule has 0 radical (unpaired) electrons. The van der Waals surface area contributed by atoms with Crippen molar-refractivity contribution in [3.8, 4) is 44.9 Å². The SMILES string of the molecule is CCCCCc1ccc(-c2ccc(-c3cc(F)c(C(F)(F)Oc4ccc(-c5ccc(OC(F)(F)F)c(F)c5)c(F)c4)c(F)c3)c(F)c2)cc1. The molecule has 0 heterocycles. The Balaban J connectivity index is 1.33. The van der Waals surface area contributed by atoms with E-state index in [1.165, 1.54) is 18.2 Å². The molecule has 5 aromatic rings. The minimum atomic E-state index is -5.18. The summed E-state index contributed by atoms with van der Waals surface area (Å²) >= 11 is 0. The van der Waals surface area contributed by atoms with Crippen LogP contribution in [0.1, 0.15) is 37.3 Å². The Hall–Kier alpha value is -5.00. The Labute approximate surface area is 274 Å². The lowest BCUT2D eigenvalue weighted by molar-refractivity contribution is -0.275. The number of unbranched alkanes of at least 4 members (excludes halogenated alkanes) is 2. The number of hydrogen-bond acceptors (Lipinski definition) is 2. The fourth-order valence-corrected chi connectivity index (χ4v) is 5.25. The van der Waals surface area contributed by atoms with Gasteiger partial charge in [-0.2, -0.15) is 8.78 Å². The van der Waals surface area contributed by atoms with E-state index in [4.69, 9.17) is 0 Å². The highest BCUT2D eigenvalue weighted by Gasteiger charge is 2.41. The summed E-state index contributed by atoms with van der Waals surface area (Å²) in [7, 11) is 0. The summed E-state index contributed by atoms with van der Waals surface area (Å²) in [4.78, 5) is 0. The van der Waals surface area contributed by atoms with Crippen molar-refractivity contribution in [2.45, 2.75) is 45.1 Å². The first-order valence-corrected chi connectivity index (χ1v) is 15.0. The van der Waals surface area contributed by atoms with Crippen LogP contribution in [0.25, 0.3) is 33.4 Å². The monoisotopic (exact) mass is 692 g/mol. The molecule has 0 aliphatic rings. The molecule has 0 unspecified atom stereocenters. The van der Waals surface area contributed by atoms with Crippen molar-refractivity contribution < 1.29 is 53.4 Å². The fraction of sp³-hybridized carbons (Fsp3) is 0.189. The molecule has 0 aliphatic heterocycles. The molecule has 12 heteroatoms. The predicted octanol–water partition coefficient (Wildman–Crippen LogP) is 12.1. The molecule has 5 aromatic carbocycles. The second kappa shape index (κ2) is 14.2. The Morgan fingerprint density at radius 2 is 1.06 bits per heavy atom. The Bertz CT molecular complexity index is 1930. The standard InChI is InChI=1S/C37H26F10O2/c1-2-3-4-5-21-6-8-22(9-7-21)23-10-13-28(29(38)16-23)25-18-32(41)35(33(42)19-25)36(43,44)48-26-12-14-27(30(39)20-26)24-11-15-34(31(40)17-24)49-37(45,46)47/h6-20H,2-5H2,1H3. The van der Waals surface area contributed by atoms with Gasteiger partial charge in [-0.05, 0) is 83.1 Å². The maximum atomic E-state index is 15.2. The smallest absolute Gasteiger partial charge is 0.429 e. The number of alkyl halides is 5. The van der Waals surface area contributed by atoms with E-state index < -0.39 is 64.2 Å². The van der Waals surface area contributed by atoms with Gasteiger partial charge in [-0.25, -0.2) is 22.0 Å². The van der Waals surface area contributed by atoms with Crippen LogP contribution in [-0.4, -0.2) is 6.36 Å². The molecular weight excluding hydrogens is 666 g/mol. The van der Waals surface area contributed by atoms with Gasteiger partial charge in [-0.15, -0.1) is 13.2 Å². The lowest BCUT2D eigenvalue weighted by Gasteiger charge is -2.20. The number of rotatable bonds is 11. The van der Waals surface area contributed by atoms with Crippen molar-refractivity contribution in [3.63, 3.8) is 0 Å². The van der Waals surface area contributed by atoms with Gasteiger partial charge in [0.1, 0.15) is 34.6 Å². The van der Waals surface area contributed by atoms with E-state index >= 15 is 22.0 Å². The van der Waals surface area contributed by atoms with Crippen LogP contribution < -0.4 is 9.47 Å². The predicted molar refractivity (Wildman–Crippen MR) is 163 cm³/mol. The quantitative estimate of drug-likeness (QED) is 0.101. The summed E-state index contributed by atoms with van der Waals surface area (Å²) in [5, 5.41) is 0. The summed E-state index contributed by atoms with van der Waals surface area (Å²) in [6.45, 7) is 2.11. The van der Waals surface area contributed by atoms with Gasteiger partial charge in [0, 0.05) is 17.2 Å². The molecule has 0 fully saturated rings. The summed E-state index contributed by atoms with van der Waals surface area (Å²) in [5.41, 5.74) is -0.784. The molecule has 49 heavy (non-hydrogen) atoms. The molecule has 256 valence electrons. The third-order valence-electron chi connectivity index (χ3n) is 7.62. The third kappa shape index (κ3) is 8.36. The van der Waals surface area contributed by atoms with Crippen molar-refractivity contribution in [2.24, 2.45) is 0 Å². The fourth-order valence-electron chi connectivity index (χ4n) is 5.25. The van der Waals surface area contributed by atoms with Crippen molar-refractivity contribution >= 4 is 0 Å². The molecule has 0 amide bonds. The Morgan fingerprint density at radius 3 is 1.65 bits per heavy atom. The van der Waals surface area contributed by atoms with E-state index in [0.29, 0.717) is 41.5 Å². The molecule has 5 rings (SSSR count). The first kappa shape index (κ1) is 35.3. The first-order valence-electron chi connectivity index (χ1n) is 15.0. The first-order chi connectivity index (χ1) is 23.1. The van der Waals surface area contributed by atoms with E-state index in [2.05, 4.69) is 16.4 Å². The van der Waals surface area contributed by atoms with Crippen LogP contribution in [-0.2, 0) is 12.5 Å². The van der Waals surface area contributed by atoms with Crippen molar-refractivity contribution in [1.29, 1.82) is 0 Å². The van der Waals surface area contributed by atoms with Crippen LogP contribution in [0.4, 0.5) is 43.9 Å². The van der Waals surface area contributed by atoms with Gasteiger partial charge in [0.25, 0.3) is 0 Å². The molecule has 0 aliphatic carbocycles. The summed E-state index contributed by atoms with van der Waals surface area (Å²) < 4.78 is 149. The molecule has 0 aromatic heterocycles. The highest BCUT2D eigenvalue weighted by Crippen LogP contribution is 2.39. The molecular formula is C37H26F10O2. The Kier molecular flexibility index (Phi) is 10.3. The van der Waals surface area contributed by atoms with Crippen LogP contribution in [0.5, 0.6) is 11.5 Å². The van der Waals surface area contributed by atoms with E-state index in [0.717, 1.165) is 49.4 Å². The summed E-state index contributed by atoms with van der Waals surface area (Å²) in [6, 6.07) is 16.6. The molecule has 0 saturated carbocycles. The van der Waals surface area contributed by atoms with Gasteiger partial charge < -0.3 is 9.47 Å². The molecule has 0 N–H and O–H groups in total. The second-order valence-electron chi connectivity index (χ2n) is 11.1. The average molecular weight is 693 g/mol. The van der Waals surface area contributed by atoms with Gasteiger partial charge in [-0.1, -0.05) is 62.2 Å². The van der Waals surface area contributed by atoms with E-state index in [-0.39, 0.29) is 16.7 Å².